The number of rotatable bonds is 3. The molecule has 2 rings (SSSR count). The lowest BCUT2D eigenvalue weighted by atomic mass is 10.1. The summed E-state index contributed by atoms with van der Waals surface area (Å²) in [5.41, 5.74) is 1.09. The highest BCUT2D eigenvalue weighted by molar-refractivity contribution is 5.27. The van der Waals surface area contributed by atoms with Crippen molar-refractivity contribution in [3.63, 3.8) is 0 Å². The number of anilines is 1. The summed E-state index contributed by atoms with van der Waals surface area (Å²) >= 11 is 0. The fourth-order valence-electron chi connectivity index (χ4n) is 1.79. The van der Waals surface area contributed by atoms with Gasteiger partial charge in [-0.15, -0.1) is 0 Å². The molecule has 1 saturated heterocycles. The van der Waals surface area contributed by atoms with E-state index in [-0.39, 0.29) is 0 Å². The molecule has 0 radical (unpaired) electrons. The third-order valence-electron chi connectivity index (χ3n) is 2.82. The van der Waals surface area contributed by atoms with Crippen molar-refractivity contribution in [2.24, 2.45) is 0 Å². The second-order valence-electron chi connectivity index (χ2n) is 4.49. The van der Waals surface area contributed by atoms with Gasteiger partial charge < -0.3 is 10.1 Å². The summed E-state index contributed by atoms with van der Waals surface area (Å²) in [7, 11) is 0. The van der Waals surface area contributed by atoms with E-state index in [4.69, 9.17) is 4.74 Å². The van der Waals surface area contributed by atoms with Crippen molar-refractivity contribution in [3.05, 3.63) is 18.0 Å². The van der Waals surface area contributed by atoms with Crippen LogP contribution in [-0.2, 0) is 4.74 Å². The van der Waals surface area contributed by atoms with Crippen LogP contribution in [0.5, 0.6) is 0 Å². The number of hydrogen-bond donors (Lipinski definition) is 1. The minimum absolute atomic E-state index is 0.443. The third-order valence-corrected chi connectivity index (χ3v) is 2.82. The van der Waals surface area contributed by atoms with Crippen LogP contribution in [0.4, 0.5) is 5.95 Å². The number of hydrogen-bond acceptors (Lipinski definition) is 4. The number of aromatic nitrogens is 2. The Balaban J connectivity index is 2.00. The van der Waals surface area contributed by atoms with E-state index in [0.717, 1.165) is 37.7 Å². The molecular formula is C12H19N3O. The molecular weight excluding hydrogens is 202 g/mol. The summed E-state index contributed by atoms with van der Waals surface area (Å²) in [6.07, 6.45) is 3.90. The molecule has 1 aliphatic rings. The maximum Gasteiger partial charge on any atom is 0.223 e. The van der Waals surface area contributed by atoms with Gasteiger partial charge in [0.25, 0.3) is 0 Å². The molecule has 2 heterocycles. The Morgan fingerprint density at radius 3 is 2.81 bits per heavy atom. The van der Waals surface area contributed by atoms with Crippen LogP contribution < -0.4 is 5.32 Å². The fourth-order valence-corrected chi connectivity index (χ4v) is 1.79. The lowest BCUT2D eigenvalue weighted by molar-refractivity contribution is 0.0903. The van der Waals surface area contributed by atoms with Crippen LogP contribution in [0, 0.1) is 0 Å². The summed E-state index contributed by atoms with van der Waals surface area (Å²) in [5.74, 6) is 1.19. The first-order chi connectivity index (χ1) is 7.75. The SMILES string of the molecule is CC(C)c1ccnc(NC2CCOCC2)n1. The third kappa shape index (κ3) is 2.92. The Labute approximate surface area is 96.4 Å². The predicted octanol–water partition coefficient (Wildman–Crippen LogP) is 2.19. The number of ether oxygens (including phenoxy) is 1. The van der Waals surface area contributed by atoms with Gasteiger partial charge in [0.2, 0.25) is 5.95 Å². The second kappa shape index (κ2) is 5.25. The van der Waals surface area contributed by atoms with E-state index in [9.17, 15) is 0 Å². The van der Waals surface area contributed by atoms with Crippen molar-refractivity contribution >= 4 is 5.95 Å². The molecule has 1 aliphatic heterocycles. The molecule has 0 spiro atoms. The Morgan fingerprint density at radius 1 is 1.38 bits per heavy atom. The summed E-state index contributed by atoms with van der Waals surface area (Å²) in [6, 6.07) is 2.43. The number of nitrogens with zero attached hydrogens (tertiary/aromatic N) is 2. The average Bonchev–Trinajstić information content (AvgIpc) is 2.30. The maximum atomic E-state index is 5.32. The lowest BCUT2D eigenvalue weighted by Gasteiger charge is -2.23. The summed E-state index contributed by atoms with van der Waals surface area (Å²) < 4.78 is 5.32. The highest BCUT2D eigenvalue weighted by atomic mass is 16.5. The first-order valence-corrected chi connectivity index (χ1v) is 5.93. The Morgan fingerprint density at radius 2 is 2.12 bits per heavy atom. The molecule has 1 N–H and O–H groups in total. The lowest BCUT2D eigenvalue weighted by Crippen LogP contribution is -2.28. The van der Waals surface area contributed by atoms with Crippen LogP contribution in [-0.4, -0.2) is 29.2 Å². The molecule has 1 aromatic heterocycles. The first-order valence-electron chi connectivity index (χ1n) is 5.93. The van der Waals surface area contributed by atoms with Crippen LogP contribution >= 0.6 is 0 Å². The van der Waals surface area contributed by atoms with E-state index in [1.165, 1.54) is 0 Å². The van der Waals surface area contributed by atoms with Gasteiger partial charge in [0, 0.05) is 31.1 Å². The molecule has 0 atom stereocenters. The van der Waals surface area contributed by atoms with Crippen molar-refractivity contribution in [2.75, 3.05) is 18.5 Å². The Bertz CT molecular complexity index is 335. The molecule has 0 unspecified atom stereocenters. The molecule has 0 aromatic carbocycles. The van der Waals surface area contributed by atoms with E-state index < -0.39 is 0 Å². The molecule has 1 fully saturated rings. The van der Waals surface area contributed by atoms with Gasteiger partial charge in [-0.25, -0.2) is 9.97 Å². The van der Waals surface area contributed by atoms with Gasteiger partial charge in [0.1, 0.15) is 0 Å². The van der Waals surface area contributed by atoms with E-state index in [2.05, 4.69) is 29.1 Å². The molecule has 88 valence electrons. The predicted molar refractivity (Wildman–Crippen MR) is 63.6 cm³/mol. The molecule has 1 aromatic rings. The smallest absolute Gasteiger partial charge is 0.223 e. The van der Waals surface area contributed by atoms with E-state index in [1.807, 2.05) is 12.3 Å². The summed E-state index contributed by atoms with van der Waals surface area (Å²) in [4.78, 5) is 8.76. The second-order valence-corrected chi connectivity index (χ2v) is 4.49. The van der Waals surface area contributed by atoms with Gasteiger partial charge >= 0.3 is 0 Å². The van der Waals surface area contributed by atoms with E-state index >= 15 is 0 Å². The number of nitrogens with one attached hydrogen (secondary N) is 1. The zero-order valence-electron chi connectivity index (χ0n) is 9.94. The molecule has 0 bridgehead atoms. The van der Waals surface area contributed by atoms with Crippen molar-refractivity contribution in [2.45, 2.75) is 38.6 Å². The standard InChI is InChI=1S/C12H19N3O/c1-9(2)11-3-6-13-12(15-11)14-10-4-7-16-8-5-10/h3,6,9-10H,4-5,7-8H2,1-2H3,(H,13,14,15). The van der Waals surface area contributed by atoms with Crippen molar-refractivity contribution < 1.29 is 4.74 Å². The van der Waals surface area contributed by atoms with Crippen molar-refractivity contribution in [3.8, 4) is 0 Å². The minimum atomic E-state index is 0.443. The Hall–Kier alpha value is -1.16. The molecule has 0 saturated carbocycles. The highest BCUT2D eigenvalue weighted by Crippen LogP contribution is 2.15. The van der Waals surface area contributed by atoms with Gasteiger partial charge in [-0.1, -0.05) is 13.8 Å². The van der Waals surface area contributed by atoms with E-state index in [0.29, 0.717) is 12.0 Å². The zero-order chi connectivity index (χ0) is 11.4. The summed E-state index contributed by atoms with van der Waals surface area (Å²) in [5, 5.41) is 3.37. The molecule has 4 nitrogen and oxygen atoms in total. The summed E-state index contributed by atoms with van der Waals surface area (Å²) in [6.45, 7) is 5.95. The van der Waals surface area contributed by atoms with Crippen LogP contribution in [0.1, 0.15) is 38.3 Å². The van der Waals surface area contributed by atoms with E-state index in [1.54, 1.807) is 0 Å². The quantitative estimate of drug-likeness (QED) is 0.850. The van der Waals surface area contributed by atoms with Crippen LogP contribution in [0.25, 0.3) is 0 Å². The van der Waals surface area contributed by atoms with Crippen molar-refractivity contribution in [1.29, 1.82) is 0 Å². The van der Waals surface area contributed by atoms with Crippen LogP contribution in [0.2, 0.25) is 0 Å². The normalized spacial score (nSPS) is 17.7. The highest BCUT2D eigenvalue weighted by Gasteiger charge is 2.14. The largest absolute Gasteiger partial charge is 0.381 e. The van der Waals surface area contributed by atoms with Gasteiger partial charge in [-0.2, -0.15) is 0 Å². The Kier molecular flexibility index (Phi) is 3.72. The van der Waals surface area contributed by atoms with Crippen molar-refractivity contribution in [1.82, 2.24) is 9.97 Å². The zero-order valence-corrected chi connectivity index (χ0v) is 9.94. The molecule has 16 heavy (non-hydrogen) atoms. The molecule has 0 aliphatic carbocycles. The molecule has 0 amide bonds. The fraction of sp³-hybridized carbons (Fsp3) is 0.667. The average molecular weight is 221 g/mol. The van der Waals surface area contributed by atoms with Gasteiger partial charge in [0.05, 0.1) is 0 Å². The van der Waals surface area contributed by atoms with Crippen LogP contribution in [0.15, 0.2) is 12.3 Å². The van der Waals surface area contributed by atoms with Crippen LogP contribution in [0.3, 0.4) is 0 Å². The van der Waals surface area contributed by atoms with Gasteiger partial charge in [0.15, 0.2) is 0 Å². The molecule has 4 heteroatoms. The minimum Gasteiger partial charge on any atom is -0.381 e. The maximum absolute atomic E-state index is 5.32. The monoisotopic (exact) mass is 221 g/mol. The topological polar surface area (TPSA) is 47.0 Å². The van der Waals surface area contributed by atoms with Gasteiger partial charge in [-0.05, 0) is 24.8 Å². The van der Waals surface area contributed by atoms with Gasteiger partial charge in [-0.3, -0.25) is 0 Å². The first kappa shape index (κ1) is 11.3.